The molecule has 3 rings (SSSR count). The summed E-state index contributed by atoms with van der Waals surface area (Å²) in [5.74, 6) is 0.587. The standard InChI is InChI=1S/C15H12N6OS/c1-16-15(23)20-13-7-6-11-14(19-13)18-12(8-17-11)9-2-4-10(21-22)5-3-9/h2-8H,1H3,(H2,16,18,19,20,23). The van der Waals surface area contributed by atoms with Crippen molar-refractivity contribution in [3.63, 3.8) is 0 Å². The third-order valence-corrected chi connectivity index (χ3v) is 3.45. The van der Waals surface area contributed by atoms with E-state index in [-0.39, 0.29) is 0 Å². The van der Waals surface area contributed by atoms with Crippen LogP contribution in [0.3, 0.4) is 0 Å². The summed E-state index contributed by atoms with van der Waals surface area (Å²) in [6.45, 7) is 0. The molecule has 2 aromatic heterocycles. The van der Waals surface area contributed by atoms with Crippen LogP contribution >= 0.6 is 12.2 Å². The van der Waals surface area contributed by atoms with E-state index in [1.807, 2.05) is 6.07 Å². The first-order valence-corrected chi connectivity index (χ1v) is 7.17. The summed E-state index contributed by atoms with van der Waals surface area (Å²) in [5, 5.41) is 9.12. The van der Waals surface area contributed by atoms with Gasteiger partial charge in [0.05, 0.1) is 11.9 Å². The zero-order valence-corrected chi connectivity index (χ0v) is 13.0. The van der Waals surface area contributed by atoms with E-state index in [0.29, 0.717) is 33.5 Å². The van der Waals surface area contributed by atoms with Gasteiger partial charge in [-0.15, -0.1) is 4.91 Å². The van der Waals surface area contributed by atoms with E-state index in [9.17, 15) is 4.91 Å². The van der Waals surface area contributed by atoms with Crippen molar-refractivity contribution in [3.05, 3.63) is 47.5 Å². The first-order valence-electron chi connectivity index (χ1n) is 6.76. The second-order valence-electron chi connectivity index (χ2n) is 4.64. The highest BCUT2D eigenvalue weighted by molar-refractivity contribution is 7.80. The molecule has 0 spiro atoms. The number of nitrogens with one attached hydrogen (secondary N) is 2. The molecular formula is C15H12N6OS. The largest absolute Gasteiger partial charge is 0.365 e. The topological polar surface area (TPSA) is 92.2 Å². The number of benzene rings is 1. The van der Waals surface area contributed by atoms with Gasteiger partial charge >= 0.3 is 0 Å². The number of hydrogen-bond acceptors (Lipinski definition) is 6. The molecule has 0 saturated carbocycles. The van der Waals surface area contributed by atoms with E-state index in [1.54, 1.807) is 43.6 Å². The Morgan fingerprint density at radius 1 is 1.13 bits per heavy atom. The molecule has 0 bridgehead atoms. The highest BCUT2D eigenvalue weighted by atomic mass is 32.1. The Bertz CT molecular complexity index is 881. The fourth-order valence-electron chi connectivity index (χ4n) is 1.98. The Morgan fingerprint density at radius 3 is 2.61 bits per heavy atom. The smallest absolute Gasteiger partial charge is 0.180 e. The SMILES string of the molecule is CNC(=S)Nc1ccc2ncc(-c3ccc(N=O)cc3)nc2n1. The molecule has 0 saturated heterocycles. The zero-order chi connectivity index (χ0) is 16.2. The van der Waals surface area contributed by atoms with E-state index in [0.717, 1.165) is 5.56 Å². The second kappa shape index (κ2) is 6.41. The van der Waals surface area contributed by atoms with E-state index < -0.39 is 0 Å². The Kier molecular flexibility index (Phi) is 4.15. The van der Waals surface area contributed by atoms with E-state index in [4.69, 9.17) is 12.2 Å². The van der Waals surface area contributed by atoms with Gasteiger partial charge in [-0.2, -0.15) is 0 Å². The van der Waals surface area contributed by atoms with Gasteiger partial charge < -0.3 is 10.6 Å². The lowest BCUT2D eigenvalue weighted by atomic mass is 10.1. The van der Waals surface area contributed by atoms with Crippen molar-refractivity contribution in [2.24, 2.45) is 5.18 Å². The third-order valence-electron chi connectivity index (χ3n) is 3.14. The van der Waals surface area contributed by atoms with Gasteiger partial charge in [-0.3, -0.25) is 4.98 Å². The minimum Gasteiger partial charge on any atom is -0.365 e. The summed E-state index contributed by atoms with van der Waals surface area (Å²) < 4.78 is 0. The summed E-state index contributed by atoms with van der Waals surface area (Å²) in [6.07, 6.45) is 1.67. The number of anilines is 1. The number of pyridine rings is 1. The molecule has 3 aromatic rings. The minimum atomic E-state index is 0.368. The second-order valence-corrected chi connectivity index (χ2v) is 5.05. The molecule has 7 nitrogen and oxygen atoms in total. The van der Waals surface area contributed by atoms with Gasteiger partial charge in [0.25, 0.3) is 0 Å². The van der Waals surface area contributed by atoms with Crippen LogP contribution < -0.4 is 10.6 Å². The zero-order valence-electron chi connectivity index (χ0n) is 12.1. The Hall–Kier alpha value is -3.00. The van der Waals surface area contributed by atoms with Crippen molar-refractivity contribution in [3.8, 4) is 11.3 Å². The van der Waals surface area contributed by atoms with E-state index in [1.165, 1.54) is 0 Å². The molecule has 23 heavy (non-hydrogen) atoms. The van der Waals surface area contributed by atoms with Gasteiger partial charge in [0, 0.05) is 12.6 Å². The monoisotopic (exact) mass is 324 g/mol. The fraction of sp³-hybridized carbons (Fsp3) is 0.0667. The lowest BCUT2D eigenvalue weighted by Crippen LogP contribution is -2.24. The van der Waals surface area contributed by atoms with Crippen molar-refractivity contribution in [2.45, 2.75) is 0 Å². The lowest BCUT2D eigenvalue weighted by Gasteiger charge is -2.07. The van der Waals surface area contributed by atoms with Crippen molar-refractivity contribution in [1.82, 2.24) is 20.3 Å². The number of thiocarbonyl (C=S) groups is 1. The van der Waals surface area contributed by atoms with Crippen LogP contribution in [0.5, 0.6) is 0 Å². The van der Waals surface area contributed by atoms with Gasteiger partial charge in [0.15, 0.2) is 10.8 Å². The molecule has 0 unspecified atom stereocenters. The lowest BCUT2D eigenvalue weighted by molar-refractivity contribution is 1.18. The predicted octanol–water partition coefficient (Wildman–Crippen LogP) is 3.01. The van der Waals surface area contributed by atoms with E-state index >= 15 is 0 Å². The molecule has 2 N–H and O–H groups in total. The van der Waals surface area contributed by atoms with Crippen molar-refractivity contribution >= 4 is 40.0 Å². The van der Waals surface area contributed by atoms with Gasteiger partial charge in [0.1, 0.15) is 17.0 Å². The summed E-state index contributed by atoms with van der Waals surface area (Å²) >= 11 is 5.05. The number of fused-ring (bicyclic) bond motifs is 1. The maximum atomic E-state index is 10.5. The normalized spacial score (nSPS) is 10.3. The maximum absolute atomic E-state index is 10.5. The number of aromatic nitrogens is 3. The van der Waals surface area contributed by atoms with E-state index in [2.05, 4.69) is 30.8 Å². The van der Waals surface area contributed by atoms with Gasteiger partial charge in [0.2, 0.25) is 0 Å². The summed E-state index contributed by atoms with van der Waals surface area (Å²) in [7, 11) is 1.73. The third kappa shape index (κ3) is 3.27. The van der Waals surface area contributed by atoms with Gasteiger partial charge in [-0.05, 0) is 41.7 Å². The molecule has 114 valence electrons. The molecule has 0 amide bonds. The molecule has 0 aliphatic rings. The van der Waals surface area contributed by atoms with Gasteiger partial charge in [-0.1, -0.05) is 12.1 Å². The first kappa shape index (κ1) is 14.9. The molecule has 2 heterocycles. The molecule has 0 radical (unpaired) electrons. The number of hydrogen-bond donors (Lipinski definition) is 2. The Balaban J connectivity index is 1.98. The quantitative estimate of drug-likeness (QED) is 0.565. The maximum Gasteiger partial charge on any atom is 0.180 e. The van der Waals surface area contributed by atoms with Crippen molar-refractivity contribution in [1.29, 1.82) is 0 Å². The number of rotatable bonds is 3. The van der Waals surface area contributed by atoms with Gasteiger partial charge in [-0.25, -0.2) is 9.97 Å². The molecule has 0 aliphatic heterocycles. The molecule has 0 fully saturated rings. The van der Waals surface area contributed by atoms with Crippen LogP contribution in [0.15, 0.2) is 47.8 Å². The molecule has 1 aromatic carbocycles. The van der Waals surface area contributed by atoms with Crippen LogP contribution in [0.1, 0.15) is 0 Å². The average Bonchev–Trinajstić information content (AvgIpc) is 2.61. The molecule has 0 aliphatic carbocycles. The van der Waals surface area contributed by atoms with Crippen molar-refractivity contribution < 1.29 is 0 Å². The summed E-state index contributed by atoms with van der Waals surface area (Å²) in [4.78, 5) is 23.7. The highest BCUT2D eigenvalue weighted by Gasteiger charge is 2.06. The Morgan fingerprint density at radius 2 is 1.91 bits per heavy atom. The van der Waals surface area contributed by atoms with Crippen LogP contribution in [-0.2, 0) is 0 Å². The minimum absolute atomic E-state index is 0.368. The summed E-state index contributed by atoms with van der Waals surface area (Å²) in [6, 6.07) is 10.4. The van der Waals surface area contributed by atoms with Crippen LogP contribution in [0, 0.1) is 4.91 Å². The van der Waals surface area contributed by atoms with Crippen LogP contribution in [0.25, 0.3) is 22.4 Å². The summed E-state index contributed by atoms with van der Waals surface area (Å²) in [5.41, 5.74) is 3.05. The fourth-order valence-corrected chi connectivity index (χ4v) is 2.08. The Labute approximate surface area is 137 Å². The van der Waals surface area contributed by atoms with Crippen molar-refractivity contribution in [2.75, 3.05) is 12.4 Å². The van der Waals surface area contributed by atoms with Crippen LogP contribution in [-0.4, -0.2) is 27.1 Å². The molecule has 0 atom stereocenters. The van der Waals surface area contributed by atoms with Crippen LogP contribution in [0.2, 0.25) is 0 Å². The number of nitroso groups, excluding NO2 is 1. The first-order chi connectivity index (χ1) is 11.2. The van der Waals surface area contributed by atoms with Crippen LogP contribution in [0.4, 0.5) is 11.5 Å². The number of nitrogens with zero attached hydrogens (tertiary/aromatic N) is 4. The highest BCUT2D eigenvalue weighted by Crippen LogP contribution is 2.22. The average molecular weight is 324 g/mol. The molecular weight excluding hydrogens is 312 g/mol. The predicted molar refractivity (Wildman–Crippen MR) is 93.5 cm³/mol. The molecule has 8 heteroatoms.